The van der Waals surface area contributed by atoms with E-state index in [-0.39, 0.29) is 5.91 Å². The van der Waals surface area contributed by atoms with Crippen molar-refractivity contribution in [2.24, 2.45) is 0 Å². The highest BCUT2D eigenvalue weighted by Crippen LogP contribution is 2.23. The van der Waals surface area contributed by atoms with Crippen LogP contribution in [-0.2, 0) is 0 Å². The highest BCUT2D eigenvalue weighted by Gasteiger charge is 2.11. The standard InChI is InChI=1S/C19H25N5O/c1-5-11-20-19-21-12-10-17(23-19)18(25)22-16-9-8-15(13-14(16)4)24(6-2)7-3/h5,8-10,12-13H,1,6-7,11H2,2-4H3,(H,22,25)(H,20,21,23). The van der Waals surface area contributed by atoms with Gasteiger partial charge in [-0.05, 0) is 50.6 Å². The molecule has 25 heavy (non-hydrogen) atoms. The molecular weight excluding hydrogens is 314 g/mol. The SMILES string of the molecule is C=CCNc1nccc(C(=O)Nc2ccc(N(CC)CC)cc2C)n1. The van der Waals surface area contributed by atoms with E-state index in [1.807, 2.05) is 19.1 Å². The summed E-state index contributed by atoms with van der Waals surface area (Å²) in [5.41, 5.74) is 3.25. The molecule has 0 aliphatic carbocycles. The Balaban J connectivity index is 2.13. The van der Waals surface area contributed by atoms with Crippen LogP contribution in [0.2, 0.25) is 0 Å². The van der Waals surface area contributed by atoms with Gasteiger partial charge in [-0.3, -0.25) is 4.79 Å². The predicted molar refractivity (Wildman–Crippen MR) is 103 cm³/mol. The largest absolute Gasteiger partial charge is 0.372 e. The number of hydrogen-bond donors (Lipinski definition) is 2. The van der Waals surface area contributed by atoms with Crippen molar-refractivity contribution in [1.82, 2.24) is 9.97 Å². The third kappa shape index (κ3) is 4.79. The van der Waals surface area contributed by atoms with Crippen molar-refractivity contribution in [3.05, 3.63) is 54.4 Å². The molecule has 6 heteroatoms. The molecule has 2 N–H and O–H groups in total. The summed E-state index contributed by atoms with van der Waals surface area (Å²) in [5, 5.41) is 5.89. The van der Waals surface area contributed by atoms with E-state index in [1.54, 1.807) is 18.3 Å². The summed E-state index contributed by atoms with van der Waals surface area (Å²) in [4.78, 5) is 23.0. The Morgan fingerprint density at radius 1 is 1.28 bits per heavy atom. The van der Waals surface area contributed by atoms with E-state index >= 15 is 0 Å². The molecule has 2 aromatic rings. The van der Waals surface area contributed by atoms with Gasteiger partial charge >= 0.3 is 0 Å². The van der Waals surface area contributed by atoms with Crippen molar-refractivity contribution < 1.29 is 4.79 Å². The molecule has 1 aromatic carbocycles. The Morgan fingerprint density at radius 3 is 2.68 bits per heavy atom. The minimum atomic E-state index is -0.261. The second-order valence-corrected chi connectivity index (χ2v) is 5.56. The number of rotatable bonds is 8. The highest BCUT2D eigenvalue weighted by atomic mass is 16.1. The predicted octanol–water partition coefficient (Wildman–Crippen LogP) is 3.48. The van der Waals surface area contributed by atoms with Crippen molar-refractivity contribution in [3.8, 4) is 0 Å². The normalized spacial score (nSPS) is 10.2. The average molecular weight is 339 g/mol. The highest BCUT2D eigenvalue weighted by molar-refractivity contribution is 6.03. The number of carbonyl (C=O) groups excluding carboxylic acids is 1. The molecule has 1 aromatic heterocycles. The van der Waals surface area contributed by atoms with Gasteiger partial charge in [0.05, 0.1) is 0 Å². The Labute approximate surface area is 149 Å². The number of aromatic nitrogens is 2. The lowest BCUT2D eigenvalue weighted by Gasteiger charge is -2.22. The summed E-state index contributed by atoms with van der Waals surface area (Å²) < 4.78 is 0. The lowest BCUT2D eigenvalue weighted by molar-refractivity contribution is 0.102. The minimum absolute atomic E-state index is 0.261. The van der Waals surface area contributed by atoms with Crippen LogP contribution in [-0.4, -0.2) is 35.5 Å². The van der Waals surface area contributed by atoms with Gasteiger partial charge < -0.3 is 15.5 Å². The van der Waals surface area contributed by atoms with Crippen molar-refractivity contribution in [1.29, 1.82) is 0 Å². The fourth-order valence-electron chi connectivity index (χ4n) is 2.49. The number of carbonyl (C=O) groups is 1. The third-order valence-electron chi connectivity index (χ3n) is 3.88. The molecule has 132 valence electrons. The summed E-state index contributed by atoms with van der Waals surface area (Å²) in [5.74, 6) is 0.142. The molecule has 0 aliphatic rings. The summed E-state index contributed by atoms with van der Waals surface area (Å²) >= 11 is 0. The molecule has 6 nitrogen and oxygen atoms in total. The van der Waals surface area contributed by atoms with Crippen LogP contribution in [0.4, 0.5) is 17.3 Å². The van der Waals surface area contributed by atoms with Crippen LogP contribution >= 0.6 is 0 Å². The topological polar surface area (TPSA) is 70.2 Å². The maximum Gasteiger partial charge on any atom is 0.274 e. The van der Waals surface area contributed by atoms with Crippen LogP contribution in [0.3, 0.4) is 0 Å². The quantitative estimate of drug-likeness (QED) is 0.721. The zero-order chi connectivity index (χ0) is 18.2. The second-order valence-electron chi connectivity index (χ2n) is 5.56. The minimum Gasteiger partial charge on any atom is -0.372 e. The molecule has 0 spiro atoms. The zero-order valence-corrected chi connectivity index (χ0v) is 15.0. The van der Waals surface area contributed by atoms with Crippen molar-refractivity contribution >= 4 is 23.2 Å². The van der Waals surface area contributed by atoms with E-state index in [4.69, 9.17) is 0 Å². The smallest absolute Gasteiger partial charge is 0.274 e. The van der Waals surface area contributed by atoms with Gasteiger partial charge in [-0.25, -0.2) is 9.97 Å². The van der Waals surface area contributed by atoms with Crippen LogP contribution in [0.5, 0.6) is 0 Å². The van der Waals surface area contributed by atoms with Crippen LogP contribution in [0, 0.1) is 6.92 Å². The van der Waals surface area contributed by atoms with Crippen molar-refractivity contribution in [2.45, 2.75) is 20.8 Å². The molecular formula is C19H25N5O. The van der Waals surface area contributed by atoms with Crippen molar-refractivity contribution in [3.63, 3.8) is 0 Å². The van der Waals surface area contributed by atoms with Gasteiger partial charge in [0.2, 0.25) is 5.95 Å². The molecule has 0 fully saturated rings. The van der Waals surface area contributed by atoms with Gasteiger partial charge in [0.1, 0.15) is 5.69 Å². The summed E-state index contributed by atoms with van der Waals surface area (Å²) in [6.07, 6.45) is 3.26. The van der Waals surface area contributed by atoms with Crippen LogP contribution < -0.4 is 15.5 Å². The van der Waals surface area contributed by atoms with Crippen LogP contribution in [0.1, 0.15) is 29.9 Å². The summed E-state index contributed by atoms with van der Waals surface area (Å²) in [6.45, 7) is 12.3. The number of benzene rings is 1. The van der Waals surface area contributed by atoms with E-state index < -0.39 is 0 Å². The first-order valence-electron chi connectivity index (χ1n) is 8.43. The summed E-state index contributed by atoms with van der Waals surface area (Å²) in [6, 6.07) is 7.62. The molecule has 1 amide bonds. The Bertz CT molecular complexity index is 740. The first kappa shape index (κ1) is 18.4. The van der Waals surface area contributed by atoms with E-state index in [1.165, 1.54) is 0 Å². The Kier molecular flexibility index (Phi) is 6.51. The maximum absolute atomic E-state index is 12.5. The molecule has 0 radical (unpaired) electrons. The molecule has 0 saturated heterocycles. The Morgan fingerprint density at radius 2 is 2.04 bits per heavy atom. The fraction of sp³-hybridized carbons (Fsp3) is 0.316. The zero-order valence-electron chi connectivity index (χ0n) is 15.0. The first-order chi connectivity index (χ1) is 12.1. The first-order valence-corrected chi connectivity index (χ1v) is 8.43. The van der Waals surface area contributed by atoms with Crippen LogP contribution in [0.15, 0.2) is 43.1 Å². The lowest BCUT2D eigenvalue weighted by atomic mass is 10.1. The molecule has 2 rings (SSSR count). The Hall–Kier alpha value is -2.89. The third-order valence-corrected chi connectivity index (χ3v) is 3.88. The molecule has 0 atom stereocenters. The number of aryl methyl sites for hydroxylation is 1. The number of amides is 1. The van der Waals surface area contributed by atoms with Gasteiger partial charge in [-0.2, -0.15) is 0 Å². The van der Waals surface area contributed by atoms with E-state index in [0.717, 1.165) is 30.0 Å². The monoisotopic (exact) mass is 339 g/mol. The second kappa shape index (κ2) is 8.82. The number of anilines is 3. The van der Waals surface area contributed by atoms with Crippen molar-refractivity contribution in [2.75, 3.05) is 35.2 Å². The number of nitrogens with one attached hydrogen (secondary N) is 2. The molecule has 0 bridgehead atoms. The van der Waals surface area contributed by atoms with Gasteiger partial charge in [-0.1, -0.05) is 6.08 Å². The number of nitrogens with zero attached hydrogens (tertiary/aromatic N) is 3. The van der Waals surface area contributed by atoms with Gasteiger partial charge in [-0.15, -0.1) is 6.58 Å². The maximum atomic E-state index is 12.5. The van der Waals surface area contributed by atoms with E-state index in [9.17, 15) is 4.79 Å². The van der Waals surface area contributed by atoms with Crippen LogP contribution in [0.25, 0.3) is 0 Å². The summed E-state index contributed by atoms with van der Waals surface area (Å²) in [7, 11) is 0. The fourth-order valence-corrected chi connectivity index (χ4v) is 2.49. The van der Waals surface area contributed by atoms with Gasteiger partial charge in [0, 0.05) is 37.2 Å². The van der Waals surface area contributed by atoms with Gasteiger partial charge in [0.25, 0.3) is 5.91 Å². The van der Waals surface area contributed by atoms with E-state index in [0.29, 0.717) is 18.2 Å². The lowest BCUT2D eigenvalue weighted by Crippen LogP contribution is -2.22. The average Bonchev–Trinajstić information content (AvgIpc) is 2.63. The van der Waals surface area contributed by atoms with Gasteiger partial charge in [0.15, 0.2) is 0 Å². The molecule has 0 unspecified atom stereocenters. The molecule has 1 heterocycles. The number of hydrogen-bond acceptors (Lipinski definition) is 5. The van der Waals surface area contributed by atoms with E-state index in [2.05, 4.69) is 52.0 Å². The molecule has 0 aliphatic heterocycles. The molecule has 0 saturated carbocycles.